The molecular formula is C7H15NO. The maximum Gasteiger partial charge on any atom is 0.0583 e. The predicted octanol–water partition coefficient (Wildman–Crippen LogP) is 0.631. The largest absolute Gasteiger partial charge is 0.381 e. The second kappa shape index (κ2) is 3.18. The Hall–Kier alpha value is -0.0800. The number of hydrogen-bond acceptors (Lipinski definition) is 2. The van der Waals surface area contributed by atoms with Crippen molar-refractivity contribution in [3.63, 3.8) is 0 Å². The lowest BCUT2D eigenvalue weighted by Crippen LogP contribution is -2.21. The molecule has 0 aromatic carbocycles. The first kappa shape index (κ1) is 7.03. The van der Waals surface area contributed by atoms with Gasteiger partial charge in [0, 0.05) is 13.7 Å². The van der Waals surface area contributed by atoms with Crippen molar-refractivity contribution >= 4 is 0 Å². The van der Waals surface area contributed by atoms with E-state index < -0.39 is 0 Å². The van der Waals surface area contributed by atoms with Gasteiger partial charge in [-0.05, 0) is 25.8 Å². The summed E-state index contributed by atoms with van der Waals surface area (Å²) < 4.78 is 5.19. The fourth-order valence-electron chi connectivity index (χ4n) is 1.27. The summed E-state index contributed by atoms with van der Waals surface area (Å²) in [4.78, 5) is 0. The second-order valence-corrected chi connectivity index (χ2v) is 2.69. The molecule has 0 spiro atoms. The van der Waals surface area contributed by atoms with Crippen LogP contribution >= 0.6 is 0 Å². The van der Waals surface area contributed by atoms with Crippen LogP contribution in [-0.4, -0.2) is 26.3 Å². The highest BCUT2D eigenvalue weighted by atomic mass is 16.5. The Morgan fingerprint density at radius 3 is 2.89 bits per heavy atom. The molecule has 0 aromatic rings. The molecule has 0 amide bonds. The smallest absolute Gasteiger partial charge is 0.0583 e. The molecule has 0 radical (unpaired) electrons. The van der Waals surface area contributed by atoms with Crippen LogP contribution in [0.1, 0.15) is 13.3 Å². The lowest BCUT2D eigenvalue weighted by molar-refractivity contribution is 0.0742. The summed E-state index contributed by atoms with van der Waals surface area (Å²) in [5.74, 6) is 0.745. The SMILES string of the molecule is CO[C@@H](C)[C@H]1CCNC1. The third-order valence-electron chi connectivity index (χ3n) is 2.13. The Bertz CT molecular complexity index is 79.0. The zero-order valence-corrected chi connectivity index (χ0v) is 6.18. The minimum Gasteiger partial charge on any atom is -0.381 e. The summed E-state index contributed by atoms with van der Waals surface area (Å²) in [5.41, 5.74) is 0. The molecule has 1 fully saturated rings. The standard InChI is InChI=1S/C7H15NO/c1-6(9-2)7-3-4-8-5-7/h6-8H,3-5H2,1-2H3/t6-,7-/m0/s1. The first-order valence-corrected chi connectivity index (χ1v) is 3.58. The van der Waals surface area contributed by atoms with E-state index in [0.29, 0.717) is 6.10 Å². The molecule has 0 aliphatic carbocycles. The predicted molar refractivity (Wildman–Crippen MR) is 37.4 cm³/mol. The van der Waals surface area contributed by atoms with Crippen LogP contribution < -0.4 is 5.32 Å². The average molecular weight is 129 g/mol. The molecule has 0 saturated carbocycles. The van der Waals surface area contributed by atoms with Crippen molar-refractivity contribution in [2.75, 3.05) is 20.2 Å². The van der Waals surface area contributed by atoms with Gasteiger partial charge in [-0.15, -0.1) is 0 Å². The van der Waals surface area contributed by atoms with Gasteiger partial charge in [-0.25, -0.2) is 0 Å². The van der Waals surface area contributed by atoms with Crippen molar-refractivity contribution in [3.05, 3.63) is 0 Å². The van der Waals surface area contributed by atoms with Crippen molar-refractivity contribution in [1.29, 1.82) is 0 Å². The summed E-state index contributed by atoms with van der Waals surface area (Å²) in [7, 11) is 1.78. The molecule has 0 aromatic heterocycles. The molecule has 2 heteroatoms. The number of rotatable bonds is 2. The van der Waals surface area contributed by atoms with Crippen LogP contribution in [0.2, 0.25) is 0 Å². The first-order valence-electron chi connectivity index (χ1n) is 3.58. The van der Waals surface area contributed by atoms with Gasteiger partial charge in [-0.1, -0.05) is 0 Å². The van der Waals surface area contributed by atoms with E-state index in [-0.39, 0.29) is 0 Å². The number of ether oxygens (including phenoxy) is 1. The van der Waals surface area contributed by atoms with E-state index in [4.69, 9.17) is 4.74 Å². The average Bonchev–Trinajstić information content (AvgIpc) is 2.37. The minimum absolute atomic E-state index is 0.431. The van der Waals surface area contributed by atoms with Gasteiger partial charge >= 0.3 is 0 Å². The van der Waals surface area contributed by atoms with Gasteiger partial charge in [0.05, 0.1) is 6.10 Å². The van der Waals surface area contributed by atoms with Crippen LogP contribution in [0.3, 0.4) is 0 Å². The van der Waals surface area contributed by atoms with Crippen molar-refractivity contribution in [2.24, 2.45) is 5.92 Å². The quantitative estimate of drug-likeness (QED) is 0.590. The van der Waals surface area contributed by atoms with Crippen LogP contribution in [0.4, 0.5) is 0 Å². The van der Waals surface area contributed by atoms with Gasteiger partial charge in [-0.2, -0.15) is 0 Å². The Morgan fingerprint density at radius 2 is 2.44 bits per heavy atom. The highest BCUT2D eigenvalue weighted by molar-refractivity contribution is 4.75. The van der Waals surface area contributed by atoms with Gasteiger partial charge in [0.1, 0.15) is 0 Å². The van der Waals surface area contributed by atoms with Gasteiger partial charge in [0.2, 0.25) is 0 Å². The Labute approximate surface area is 56.6 Å². The minimum atomic E-state index is 0.431. The number of nitrogens with one attached hydrogen (secondary N) is 1. The summed E-state index contributed by atoms with van der Waals surface area (Å²) >= 11 is 0. The highest BCUT2D eigenvalue weighted by Gasteiger charge is 2.20. The molecule has 1 aliphatic heterocycles. The van der Waals surface area contributed by atoms with Gasteiger partial charge < -0.3 is 10.1 Å². The maximum atomic E-state index is 5.19. The Balaban J connectivity index is 2.24. The normalized spacial score (nSPS) is 30.7. The van der Waals surface area contributed by atoms with E-state index in [1.807, 2.05) is 0 Å². The third kappa shape index (κ3) is 1.66. The molecule has 0 bridgehead atoms. The Morgan fingerprint density at radius 1 is 1.67 bits per heavy atom. The summed E-state index contributed by atoms with van der Waals surface area (Å²) in [5, 5.41) is 3.31. The highest BCUT2D eigenvalue weighted by Crippen LogP contribution is 2.13. The summed E-state index contributed by atoms with van der Waals surface area (Å²) in [6.45, 7) is 4.44. The molecule has 1 rings (SSSR count). The summed E-state index contributed by atoms with van der Waals surface area (Å²) in [6.07, 6.45) is 1.70. The van der Waals surface area contributed by atoms with Crippen LogP contribution in [0, 0.1) is 5.92 Å². The molecule has 1 saturated heterocycles. The second-order valence-electron chi connectivity index (χ2n) is 2.69. The van der Waals surface area contributed by atoms with Crippen molar-refractivity contribution in [2.45, 2.75) is 19.4 Å². The molecule has 1 N–H and O–H groups in total. The van der Waals surface area contributed by atoms with Crippen LogP contribution in [0.5, 0.6) is 0 Å². The van der Waals surface area contributed by atoms with Crippen LogP contribution in [0.25, 0.3) is 0 Å². The lowest BCUT2D eigenvalue weighted by atomic mass is 10.0. The number of hydrogen-bond donors (Lipinski definition) is 1. The Kier molecular flexibility index (Phi) is 2.49. The molecular weight excluding hydrogens is 114 g/mol. The van der Waals surface area contributed by atoms with Crippen molar-refractivity contribution < 1.29 is 4.74 Å². The zero-order valence-electron chi connectivity index (χ0n) is 6.18. The van der Waals surface area contributed by atoms with Crippen molar-refractivity contribution in [3.8, 4) is 0 Å². The van der Waals surface area contributed by atoms with Crippen LogP contribution in [0.15, 0.2) is 0 Å². The lowest BCUT2D eigenvalue weighted by Gasteiger charge is -2.15. The maximum absolute atomic E-state index is 5.19. The van der Waals surface area contributed by atoms with E-state index in [2.05, 4.69) is 12.2 Å². The monoisotopic (exact) mass is 129 g/mol. The van der Waals surface area contributed by atoms with Gasteiger partial charge in [0.15, 0.2) is 0 Å². The van der Waals surface area contributed by atoms with Crippen molar-refractivity contribution in [1.82, 2.24) is 5.32 Å². The first-order chi connectivity index (χ1) is 4.34. The molecule has 1 heterocycles. The molecule has 54 valence electrons. The molecule has 9 heavy (non-hydrogen) atoms. The van der Waals surface area contributed by atoms with Gasteiger partial charge in [-0.3, -0.25) is 0 Å². The number of methoxy groups -OCH3 is 1. The molecule has 1 aliphatic rings. The zero-order chi connectivity index (χ0) is 6.69. The van der Waals surface area contributed by atoms with E-state index in [1.165, 1.54) is 13.0 Å². The molecule has 2 atom stereocenters. The third-order valence-corrected chi connectivity index (χ3v) is 2.13. The van der Waals surface area contributed by atoms with E-state index >= 15 is 0 Å². The van der Waals surface area contributed by atoms with E-state index in [0.717, 1.165) is 12.5 Å². The fourth-order valence-corrected chi connectivity index (χ4v) is 1.27. The van der Waals surface area contributed by atoms with E-state index in [9.17, 15) is 0 Å². The topological polar surface area (TPSA) is 21.3 Å². The molecule has 2 nitrogen and oxygen atoms in total. The fraction of sp³-hybridized carbons (Fsp3) is 1.00. The van der Waals surface area contributed by atoms with Crippen LogP contribution in [-0.2, 0) is 4.74 Å². The summed E-state index contributed by atoms with van der Waals surface area (Å²) in [6, 6.07) is 0. The van der Waals surface area contributed by atoms with Gasteiger partial charge in [0.25, 0.3) is 0 Å². The molecule has 0 unspecified atom stereocenters. The van der Waals surface area contributed by atoms with E-state index in [1.54, 1.807) is 7.11 Å².